The van der Waals surface area contributed by atoms with Crippen LogP contribution in [0.2, 0.25) is 0 Å². The van der Waals surface area contributed by atoms with Crippen molar-refractivity contribution in [3.8, 4) is 0 Å². The maximum absolute atomic E-state index is 11.4. The predicted molar refractivity (Wildman–Crippen MR) is 112 cm³/mol. The van der Waals surface area contributed by atoms with Gasteiger partial charge in [-0.25, -0.2) is 0 Å². The minimum atomic E-state index is -1.03. The number of carboxylic acid groups (broad SMARTS) is 1. The Hall–Kier alpha value is -1.64. The number of aliphatic carboxylic acids is 1. The highest BCUT2D eigenvalue weighted by Crippen LogP contribution is 2.14. The van der Waals surface area contributed by atoms with Crippen molar-refractivity contribution in [3.05, 3.63) is 38.0 Å². The van der Waals surface area contributed by atoms with Crippen LogP contribution in [0, 0.1) is 5.92 Å². The number of rotatable bonds is 17. The molecule has 0 spiro atoms. The Kier molecular flexibility index (Phi) is 21.9. The lowest BCUT2D eigenvalue weighted by Gasteiger charge is -2.08. The second-order valence-corrected chi connectivity index (χ2v) is 6.52. The van der Waals surface area contributed by atoms with Gasteiger partial charge in [-0.15, -0.1) is 13.2 Å². The van der Waals surface area contributed by atoms with Crippen LogP contribution in [0.5, 0.6) is 0 Å². The molecule has 0 aromatic carbocycles. The van der Waals surface area contributed by atoms with Gasteiger partial charge in [0.2, 0.25) is 0 Å². The number of carbonyl (C=O) groups is 2. The molecular formula is C23H40O3. The summed E-state index contributed by atoms with van der Waals surface area (Å²) in [5.74, 6) is -2.31. The molecule has 150 valence electrons. The summed E-state index contributed by atoms with van der Waals surface area (Å²) in [4.78, 5) is 22.4. The lowest BCUT2D eigenvalue weighted by atomic mass is 9.96. The van der Waals surface area contributed by atoms with Crippen molar-refractivity contribution in [1.29, 1.82) is 0 Å². The molecule has 3 heteroatoms. The van der Waals surface area contributed by atoms with Gasteiger partial charge in [0.25, 0.3) is 0 Å². The van der Waals surface area contributed by atoms with Crippen LogP contribution in [0.15, 0.2) is 38.0 Å². The minimum Gasteiger partial charge on any atom is -0.481 e. The highest BCUT2D eigenvalue weighted by molar-refractivity contribution is 6.03. The fourth-order valence-electron chi connectivity index (χ4n) is 2.77. The SMILES string of the molecule is C=C.C=CC(=O)C(CCCCCC/C=C\CCCCCCCC)C(=O)O. The van der Waals surface area contributed by atoms with Crippen molar-refractivity contribution in [2.75, 3.05) is 0 Å². The van der Waals surface area contributed by atoms with Crippen molar-refractivity contribution < 1.29 is 14.7 Å². The molecule has 0 aromatic rings. The third kappa shape index (κ3) is 17.2. The number of unbranched alkanes of at least 4 members (excludes halogenated alkanes) is 10. The molecule has 1 atom stereocenters. The van der Waals surface area contributed by atoms with Crippen LogP contribution < -0.4 is 0 Å². The van der Waals surface area contributed by atoms with E-state index < -0.39 is 11.9 Å². The van der Waals surface area contributed by atoms with Crippen LogP contribution in [0.4, 0.5) is 0 Å². The van der Waals surface area contributed by atoms with Gasteiger partial charge in [0.15, 0.2) is 5.78 Å². The summed E-state index contributed by atoms with van der Waals surface area (Å²) in [6.07, 6.45) is 20.5. The Bertz CT molecular complexity index is 385. The normalized spacial score (nSPS) is 11.6. The fourth-order valence-corrected chi connectivity index (χ4v) is 2.77. The van der Waals surface area contributed by atoms with Crippen molar-refractivity contribution in [1.82, 2.24) is 0 Å². The standard InChI is InChI=1S/C21H36O3.C2H4/c1-3-5-6-7-8-9-10-11-12-13-14-15-16-17-18-19(21(23)24)20(22)4-2;1-2/h4,11-12,19H,2-3,5-10,13-18H2,1H3,(H,23,24);1-2H2/b12-11-;. The van der Waals surface area contributed by atoms with Gasteiger partial charge in [0.05, 0.1) is 0 Å². The van der Waals surface area contributed by atoms with Gasteiger partial charge in [-0.2, -0.15) is 0 Å². The largest absolute Gasteiger partial charge is 0.481 e. The van der Waals surface area contributed by atoms with E-state index in [1.165, 1.54) is 44.9 Å². The number of hydrogen-bond acceptors (Lipinski definition) is 2. The third-order valence-electron chi connectivity index (χ3n) is 4.35. The quantitative estimate of drug-likeness (QED) is 0.132. The maximum atomic E-state index is 11.4. The van der Waals surface area contributed by atoms with Crippen molar-refractivity contribution >= 4 is 11.8 Å². The molecule has 0 aliphatic carbocycles. The molecule has 0 fully saturated rings. The van der Waals surface area contributed by atoms with Crippen LogP contribution >= 0.6 is 0 Å². The van der Waals surface area contributed by atoms with E-state index in [2.05, 4.69) is 38.8 Å². The Balaban J connectivity index is 0. The van der Waals surface area contributed by atoms with Crippen LogP contribution in [0.3, 0.4) is 0 Å². The summed E-state index contributed by atoms with van der Waals surface area (Å²) in [5.41, 5.74) is 0. The monoisotopic (exact) mass is 364 g/mol. The van der Waals surface area contributed by atoms with Crippen LogP contribution in [-0.2, 0) is 9.59 Å². The number of hydrogen-bond donors (Lipinski definition) is 1. The molecular weight excluding hydrogens is 324 g/mol. The molecule has 0 radical (unpaired) electrons. The predicted octanol–water partition coefficient (Wildman–Crippen LogP) is 6.89. The second kappa shape index (κ2) is 21.4. The second-order valence-electron chi connectivity index (χ2n) is 6.52. The van der Waals surface area contributed by atoms with Crippen LogP contribution in [-0.4, -0.2) is 16.9 Å². The van der Waals surface area contributed by atoms with Gasteiger partial charge < -0.3 is 5.11 Å². The lowest BCUT2D eigenvalue weighted by molar-refractivity contribution is -0.145. The zero-order valence-electron chi connectivity index (χ0n) is 16.9. The smallest absolute Gasteiger partial charge is 0.314 e. The van der Waals surface area contributed by atoms with Gasteiger partial charge in [-0.3, -0.25) is 9.59 Å². The molecule has 1 N–H and O–H groups in total. The van der Waals surface area contributed by atoms with E-state index in [1.54, 1.807) is 0 Å². The fraction of sp³-hybridized carbons (Fsp3) is 0.652. The van der Waals surface area contributed by atoms with E-state index in [4.69, 9.17) is 5.11 Å². The van der Waals surface area contributed by atoms with Gasteiger partial charge in [0, 0.05) is 0 Å². The van der Waals surface area contributed by atoms with Crippen molar-refractivity contribution in [2.24, 2.45) is 5.92 Å². The van der Waals surface area contributed by atoms with Gasteiger partial charge in [-0.1, -0.05) is 77.0 Å². The highest BCUT2D eigenvalue weighted by atomic mass is 16.4. The molecule has 1 unspecified atom stereocenters. The molecule has 26 heavy (non-hydrogen) atoms. The van der Waals surface area contributed by atoms with Gasteiger partial charge in [0.1, 0.15) is 5.92 Å². The van der Waals surface area contributed by atoms with Crippen molar-refractivity contribution in [3.63, 3.8) is 0 Å². The zero-order valence-corrected chi connectivity index (χ0v) is 16.9. The minimum absolute atomic E-state index is 0.375. The first-order valence-corrected chi connectivity index (χ1v) is 10.2. The Morgan fingerprint density at radius 3 is 1.77 bits per heavy atom. The molecule has 0 rings (SSSR count). The Labute approximate surface area is 161 Å². The summed E-state index contributed by atoms with van der Waals surface area (Å²) in [6.45, 7) is 11.6. The first-order valence-electron chi connectivity index (χ1n) is 10.2. The number of allylic oxidation sites excluding steroid dienone is 3. The number of ketones is 1. The van der Waals surface area contributed by atoms with Crippen LogP contribution in [0.25, 0.3) is 0 Å². The van der Waals surface area contributed by atoms with E-state index >= 15 is 0 Å². The van der Waals surface area contributed by atoms with E-state index in [0.29, 0.717) is 6.42 Å². The molecule has 0 aliphatic rings. The zero-order chi connectivity index (χ0) is 20.0. The molecule has 0 heterocycles. The Morgan fingerprint density at radius 1 is 0.846 bits per heavy atom. The molecule has 0 saturated carbocycles. The number of carbonyl (C=O) groups excluding carboxylic acids is 1. The third-order valence-corrected chi connectivity index (χ3v) is 4.35. The average molecular weight is 365 g/mol. The molecule has 0 aromatic heterocycles. The lowest BCUT2D eigenvalue weighted by Crippen LogP contribution is -2.21. The molecule has 3 nitrogen and oxygen atoms in total. The van der Waals surface area contributed by atoms with Crippen LogP contribution in [0.1, 0.15) is 90.4 Å². The van der Waals surface area contributed by atoms with E-state index in [0.717, 1.165) is 38.2 Å². The number of carboxylic acids is 1. The molecule has 0 amide bonds. The molecule has 0 bridgehead atoms. The van der Waals surface area contributed by atoms with Gasteiger partial charge in [-0.05, 0) is 38.2 Å². The van der Waals surface area contributed by atoms with E-state index in [1.807, 2.05) is 0 Å². The highest BCUT2D eigenvalue weighted by Gasteiger charge is 2.22. The topological polar surface area (TPSA) is 54.4 Å². The van der Waals surface area contributed by atoms with E-state index in [9.17, 15) is 9.59 Å². The first kappa shape index (κ1) is 26.6. The summed E-state index contributed by atoms with van der Waals surface area (Å²) >= 11 is 0. The summed E-state index contributed by atoms with van der Waals surface area (Å²) in [5, 5.41) is 9.00. The maximum Gasteiger partial charge on any atom is 0.314 e. The first-order chi connectivity index (χ1) is 12.6. The average Bonchev–Trinajstić information content (AvgIpc) is 2.65. The molecule has 0 saturated heterocycles. The van der Waals surface area contributed by atoms with Crippen molar-refractivity contribution in [2.45, 2.75) is 90.4 Å². The van der Waals surface area contributed by atoms with E-state index in [-0.39, 0.29) is 5.78 Å². The van der Waals surface area contributed by atoms with Gasteiger partial charge >= 0.3 is 5.97 Å². The molecule has 0 aliphatic heterocycles. The summed E-state index contributed by atoms with van der Waals surface area (Å²) in [6, 6.07) is 0. The summed E-state index contributed by atoms with van der Waals surface area (Å²) in [7, 11) is 0. The Morgan fingerprint density at radius 2 is 1.31 bits per heavy atom. The summed E-state index contributed by atoms with van der Waals surface area (Å²) < 4.78 is 0.